The zero-order valence-electron chi connectivity index (χ0n) is 9.70. The summed E-state index contributed by atoms with van der Waals surface area (Å²) in [4.78, 5) is 16.5. The van der Waals surface area contributed by atoms with Crippen LogP contribution in [0.4, 0.5) is 0 Å². The maximum atomic E-state index is 12.1. The van der Waals surface area contributed by atoms with E-state index in [1.165, 1.54) is 0 Å². The Hall–Kier alpha value is -1.00. The van der Waals surface area contributed by atoms with Crippen LogP contribution in [0.25, 0.3) is 0 Å². The fourth-order valence-electron chi connectivity index (χ4n) is 1.46. The highest BCUT2D eigenvalue weighted by Crippen LogP contribution is 2.13. The molecule has 0 spiro atoms. The number of aromatic amines is 1. The van der Waals surface area contributed by atoms with Gasteiger partial charge in [0.1, 0.15) is 5.69 Å². The van der Waals surface area contributed by atoms with Gasteiger partial charge in [-0.2, -0.15) is 0 Å². The van der Waals surface area contributed by atoms with Crippen molar-refractivity contribution in [1.29, 1.82) is 0 Å². The number of aromatic nitrogens is 1. The first-order chi connectivity index (χ1) is 7.41. The van der Waals surface area contributed by atoms with Crippen molar-refractivity contribution in [2.45, 2.75) is 32.9 Å². The lowest BCUT2D eigenvalue weighted by atomic mass is 10.2. The average Bonchev–Trinajstić information content (AvgIpc) is 2.59. The van der Waals surface area contributed by atoms with Gasteiger partial charge in [-0.05, 0) is 26.8 Å². The van der Waals surface area contributed by atoms with E-state index in [0.29, 0.717) is 17.3 Å². The third-order valence-electron chi connectivity index (χ3n) is 2.22. The lowest BCUT2D eigenvalue weighted by Gasteiger charge is -2.27. The lowest BCUT2D eigenvalue weighted by molar-refractivity contribution is 0.0574. The highest BCUT2D eigenvalue weighted by atomic mass is 35.5. The summed E-state index contributed by atoms with van der Waals surface area (Å²) in [5, 5.41) is 9.85. The number of amides is 1. The number of aliphatic hydroxyl groups excluding tert-OH is 1. The number of carbonyl (C=O) groups is 1. The number of H-pyrrole nitrogens is 1. The topological polar surface area (TPSA) is 56.3 Å². The van der Waals surface area contributed by atoms with E-state index >= 15 is 0 Å². The molecule has 90 valence electrons. The van der Waals surface area contributed by atoms with E-state index in [9.17, 15) is 9.90 Å². The SMILES string of the molecule is CC(O)CN(C(=O)c1cc(Cl)c[nH]1)C(C)C. The Morgan fingerprint density at radius 3 is 2.56 bits per heavy atom. The van der Waals surface area contributed by atoms with Crippen LogP contribution in [0.5, 0.6) is 0 Å². The number of hydrogen-bond donors (Lipinski definition) is 2. The first-order valence-electron chi connectivity index (χ1n) is 5.24. The summed E-state index contributed by atoms with van der Waals surface area (Å²) >= 11 is 5.74. The molecule has 1 aromatic heterocycles. The highest BCUT2D eigenvalue weighted by molar-refractivity contribution is 6.30. The lowest BCUT2D eigenvalue weighted by Crippen LogP contribution is -2.41. The maximum absolute atomic E-state index is 12.1. The molecule has 1 amide bonds. The predicted molar refractivity (Wildman–Crippen MR) is 63.7 cm³/mol. The summed E-state index contributed by atoms with van der Waals surface area (Å²) < 4.78 is 0. The van der Waals surface area contributed by atoms with Crippen LogP contribution in [-0.2, 0) is 0 Å². The summed E-state index contributed by atoms with van der Waals surface area (Å²) in [5.74, 6) is -0.150. The summed E-state index contributed by atoms with van der Waals surface area (Å²) in [7, 11) is 0. The first kappa shape index (κ1) is 13.1. The fourth-order valence-corrected chi connectivity index (χ4v) is 1.62. The van der Waals surface area contributed by atoms with Gasteiger partial charge in [0.05, 0.1) is 11.1 Å². The molecule has 0 aliphatic carbocycles. The monoisotopic (exact) mass is 244 g/mol. The van der Waals surface area contributed by atoms with Gasteiger partial charge in [0.15, 0.2) is 0 Å². The minimum absolute atomic E-state index is 0.0316. The van der Waals surface area contributed by atoms with Crippen LogP contribution in [0.3, 0.4) is 0 Å². The van der Waals surface area contributed by atoms with Crippen LogP contribution in [-0.4, -0.2) is 39.6 Å². The Kier molecular flexibility index (Phi) is 4.38. The van der Waals surface area contributed by atoms with E-state index in [4.69, 9.17) is 11.6 Å². The number of nitrogens with one attached hydrogen (secondary N) is 1. The highest BCUT2D eigenvalue weighted by Gasteiger charge is 2.21. The first-order valence-corrected chi connectivity index (χ1v) is 5.62. The van der Waals surface area contributed by atoms with Crippen LogP contribution >= 0.6 is 11.6 Å². The van der Waals surface area contributed by atoms with Crippen molar-refractivity contribution in [3.8, 4) is 0 Å². The third kappa shape index (κ3) is 3.25. The molecule has 1 rings (SSSR count). The largest absolute Gasteiger partial charge is 0.392 e. The van der Waals surface area contributed by atoms with Crippen molar-refractivity contribution in [1.82, 2.24) is 9.88 Å². The van der Waals surface area contributed by atoms with Crippen molar-refractivity contribution in [3.05, 3.63) is 23.0 Å². The second-order valence-corrected chi connectivity index (χ2v) is 4.57. The number of aliphatic hydroxyl groups is 1. The van der Waals surface area contributed by atoms with Gasteiger partial charge in [0.25, 0.3) is 5.91 Å². The molecule has 0 aliphatic rings. The van der Waals surface area contributed by atoms with Crippen LogP contribution in [0, 0.1) is 0 Å². The predicted octanol–water partition coefficient (Wildman–Crippen LogP) is 1.90. The van der Waals surface area contributed by atoms with Gasteiger partial charge in [-0.25, -0.2) is 0 Å². The van der Waals surface area contributed by atoms with Gasteiger partial charge in [-0.3, -0.25) is 4.79 Å². The Morgan fingerprint density at radius 1 is 1.56 bits per heavy atom. The molecule has 0 fully saturated rings. The van der Waals surface area contributed by atoms with Crippen molar-refractivity contribution in [2.75, 3.05) is 6.54 Å². The van der Waals surface area contributed by atoms with Crippen LogP contribution < -0.4 is 0 Å². The molecule has 1 heterocycles. The molecule has 0 aliphatic heterocycles. The molecular formula is C11H17ClN2O2. The van der Waals surface area contributed by atoms with Crippen molar-refractivity contribution < 1.29 is 9.90 Å². The fraction of sp³-hybridized carbons (Fsp3) is 0.545. The Bertz CT molecular complexity index is 361. The second-order valence-electron chi connectivity index (χ2n) is 4.13. The van der Waals surface area contributed by atoms with Crippen molar-refractivity contribution >= 4 is 17.5 Å². The van der Waals surface area contributed by atoms with Crippen molar-refractivity contribution in [3.63, 3.8) is 0 Å². The molecule has 1 unspecified atom stereocenters. The molecule has 4 nitrogen and oxygen atoms in total. The Labute approximate surface area is 100 Å². The minimum atomic E-state index is -0.545. The Balaban J connectivity index is 2.83. The average molecular weight is 245 g/mol. The molecular weight excluding hydrogens is 228 g/mol. The van der Waals surface area contributed by atoms with E-state index in [1.807, 2.05) is 13.8 Å². The Morgan fingerprint density at radius 2 is 2.19 bits per heavy atom. The van der Waals surface area contributed by atoms with Crippen LogP contribution in [0.2, 0.25) is 5.02 Å². The molecule has 0 radical (unpaired) electrons. The zero-order valence-corrected chi connectivity index (χ0v) is 10.5. The van der Waals surface area contributed by atoms with Crippen molar-refractivity contribution in [2.24, 2.45) is 0 Å². The quantitative estimate of drug-likeness (QED) is 0.850. The summed E-state index contributed by atoms with van der Waals surface area (Å²) in [6.07, 6.45) is 1.02. The molecule has 0 aromatic carbocycles. The molecule has 1 atom stereocenters. The second kappa shape index (κ2) is 5.37. The summed E-state index contributed by atoms with van der Waals surface area (Å²) in [6.45, 7) is 5.78. The molecule has 0 bridgehead atoms. The van der Waals surface area contributed by atoms with E-state index in [-0.39, 0.29) is 11.9 Å². The number of nitrogens with zero attached hydrogens (tertiary/aromatic N) is 1. The van der Waals surface area contributed by atoms with Crippen LogP contribution in [0.15, 0.2) is 12.3 Å². The van der Waals surface area contributed by atoms with Gasteiger partial charge in [-0.15, -0.1) is 0 Å². The van der Waals surface area contributed by atoms with Gasteiger partial charge >= 0.3 is 0 Å². The molecule has 0 saturated carbocycles. The number of carbonyl (C=O) groups excluding carboxylic acids is 1. The van der Waals surface area contributed by atoms with E-state index < -0.39 is 6.10 Å². The van der Waals surface area contributed by atoms with Crippen LogP contribution in [0.1, 0.15) is 31.3 Å². The van der Waals surface area contributed by atoms with Gasteiger partial charge in [0.2, 0.25) is 0 Å². The zero-order chi connectivity index (χ0) is 12.3. The normalized spacial score (nSPS) is 12.9. The smallest absolute Gasteiger partial charge is 0.270 e. The molecule has 5 heteroatoms. The molecule has 1 aromatic rings. The number of hydrogen-bond acceptors (Lipinski definition) is 2. The maximum Gasteiger partial charge on any atom is 0.270 e. The number of rotatable bonds is 4. The number of halogens is 1. The van der Waals surface area contributed by atoms with Gasteiger partial charge in [-0.1, -0.05) is 11.6 Å². The molecule has 2 N–H and O–H groups in total. The molecule has 0 saturated heterocycles. The van der Waals surface area contributed by atoms with E-state index in [2.05, 4.69) is 4.98 Å². The summed E-state index contributed by atoms with van der Waals surface area (Å²) in [6, 6.07) is 1.62. The minimum Gasteiger partial charge on any atom is -0.392 e. The standard InChI is InChI=1S/C11H17ClN2O2/c1-7(2)14(6-8(3)15)11(16)10-4-9(12)5-13-10/h4-5,7-8,13,15H,6H2,1-3H3. The molecule has 16 heavy (non-hydrogen) atoms. The third-order valence-corrected chi connectivity index (χ3v) is 2.44. The van der Waals surface area contributed by atoms with E-state index in [0.717, 1.165) is 0 Å². The van der Waals surface area contributed by atoms with E-state index in [1.54, 1.807) is 24.1 Å². The summed E-state index contributed by atoms with van der Waals surface area (Å²) in [5.41, 5.74) is 0.444. The van der Waals surface area contributed by atoms with Gasteiger partial charge < -0.3 is 15.0 Å². The van der Waals surface area contributed by atoms with Gasteiger partial charge in [0, 0.05) is 18.8 Å².